The zero-order valence-corrected chi connectivity index (χ0v) is 10.0. The Bertz CT molecular complexity index is 453. The van der Waals surface area contributed by atoms with E-state index < -0.39 is 11.6 Å². The first-order chi connectivity index (χ1) is 8.58. The zero-order valence-electron chi connectivity index (χ0n) is 10.0. The number of hydrogen-bond acceptors (Lipinski definition) is 2. The second kappa shape index (κ2) is 5.30. The van der Waals surface area contributed by atoms with Gasteiger partial charge >= 0.3 is 6.03 Å². The van der Waals surface area contributed by atoms with Gasteiger partial charge in [-0.25, -0.2) is 13.6 Å². The highest BCUT2D eigenvalue weighted by Gasteiger charge is 2.23. The van der Waals surface area contributed by atoms with Crippen molar-refractivity contribution in [2.75, 3.05) is 25.0 Å². The van der Waals surface area contributed by atoms with Gasteiger partial charge in [-0.15, -0.1) is 0 Å². The van der Waals surface area contributed by atoms with E-state index >= 15 is 0 Å². The van der Waals surface area contributed by atoms with Gasteiger partial charge in [0.25, 0.3) is 0 Å². The average molecular weight is 255 g/mol. The predicted octanol–water partition coefficient (Wildman–Crippen LogP) is 1.79. The van der Waals surface area contributed by atoms with Crippen molar-refractivity contribution in [1.29, 1.82) is 0 Å². The highest BCUT2D eigenvalue weighted by Crippen LogP contribution is 2.16. The van der Waals surface area contributed by atoms with Gasteiger partial charge in [-0.2, -0.15) is 0 Å². The summed E-state index contributed by atoms with van der Waals surface area (Å²) in [6.07, 6.45) is 0. The molecule has 2 amide bonds. The maximum atomic E-state index is 13.4. The van der Waals surface area contributed by atoms with Gasteiger partial charge in [-0.3, -0.25) is 0 Å². The number of benzene rings is 1. The summed E-state index contributed by atoms with van der Waals surface area (Å²) >= 11 is 0. The molecule has 1 aliphatic heterocycles. The van der Waals surface area contributed by atoms with Crippen molar-refractivity contribution in [3.05, 3.63) is 29.8 Å². The Morgan fingerprint density at radius 3 is 2.94 bits per heavy atom. The molecule has 18 heavy (non-hydrogen) atoms. The lowest BCUT2D eigenvalue weighted by Crippen LogP contribution is -2.53. The molecule has 6 heteroatoms. The van der Waals surface area contributed by atoms with E-state index in [1.807, 2.05) is 6.92 Å². The Morgan fingerprint density at radius 1 is 1.50 bits per heavy atom. The Labute approximate surface area is 104 Å². The van der Waals surface area contributed by atoms with E-state index in [-0.39, 0.29) is 17.8 Å². The third kappa shape index (κ3) is 2.76. The van der Waals surface area contributed by atoms with E-state index in [1.165, 1.54) is 6.07 Å². The quantitative estimate of drug-likeness (QED) is 0.803. The number of rotatable bonds is 1. The highest BCUT2D eigenvalue weighted by atomic mass is 19.1. The molecule has 1 aromatic carbocycles. The van der Waals surface area contributed by atoms with Gasteiger partial charge in [-0.05, 0) is 19.1 Å². The van der Waals surface area contributed by atoms with E-state index in [2.05, 4.69) is 10.6 Å². The summed E-state index contributed by atoms with van der Waals surface area (Å²) in [4.78, 5) is 13.6. The van der Waals surface area contributed by atoms with Crippen molar-refractivity contribution >= 4 is 11.7 Å². The topological polar surface area (TPSA) is 44.4 Å². The number of hydrogen-bond donors (Lipinski definition) is 2. The van der Waals surface area contributed by atoms with Crippen LogP contribution in [0.2, 0.25) is 0 Å². The summed E-state index contributed by atoms with van der Waals surface area (Å²) in [6.45, 7) is 3.89. The Hall–Kier alpha value is -1.69. The smallest absolute Gasteiger partial charge is 0.319 e. The van der Waals surface area contributed by atoms with E-state index in [1.54, 1.807) is 4.90 Å². The molecule has 1 aliphatic rings. The van der Waals surface area contributed by atoms with Crippen LogP contribution >= 0.6 is 0 Å². The van der Waals surface area contributed by atoms with Crippen LogP contribution in [-0.4, -0.2) is 36.6 Å². The summed E-state index contributed by atoms with van der Waals surface area (Å²) in [5.41, 5.74) is -0.00728. The van der Waals surface area contributed by atoms with E-state index in [9.17, 15) is 13.6 Å². The van der Waals surface area contributed by atoms with Gasteiger partial charge in [0, 0.05) is 31.7 Å². The summed E-state index contributed by atoms with van der Waals surface area (Å²) in [5.74, 6) is -1.44. The van der Waals surface area contributed by atoms with Gasteiger partial charge in [0.15, 0.2) is 0 Å². The SMILES string of the molecule is C[C@H]1CNCCN1C(=O)Nc1ccc(F)cc1F. The van der Waals surface area contributed by atoms with Crippen molar-refractivity contribution in [2.24, 2.45) is 0 Å². The highest BCUT2D eigenvalue weighted by molar-refractivity contribution is 5.89. The van der Waals surface area contributed by atoms with Crippen LogP contribution in [0.3, 0.4) is 0 Å². The van der Waals surface area contributed by atoms with Crippen molar-refractivity contribution in [2.45, 2.75) is 13.0 Å². The molecule has 1 saturated heterocycles. The van der Waals surface area contributed by atoms with Crippen LogP contribution < -0.4 is 10.6 Å². The Morgan fingerprint density at radius 2 is 2.28 bits per heavy atom. The largest absolute Gasteiger partial charge is 0.322 e. The van der Waals surface area contributed by atoms with E-state index in [0.29, 0.717) is 19.6 Å². The zero-order chi connectivity index (χ0) is 13.1. The molecule has 1 fully saturated rings. The van der Waals surface area contributed by atoms with Gasteiger partial charge in [-0.1, -0.05) is 0 Å². The molecule has 0 spiro atoms. The molecule has 98 valence electrons. The molecule has 1 atom stereocenters. The van der Waals surface area contributed by atoms with Gasteiger partial charge in [0.2, 0.25) is 0 Å². The lowest BCUT2D eigenvalue weighted by molar-refractivity contribution is 0.177. The molecule has 1 heterocycles. The summed E-state index contributed by atoms with van der Waals surface area (Å²) in [7, 11) is 0. The van der Waals surface area contributed by atoms with E-state index in [0.717, 1.165) is 12.1 Å². The molecule has 1 aromatic rings. The number of nitrogens with zero attached hydrogens (tertiary/aromatic N) is 1. The van der Waals surface area contributed by atoms with Gasteiger partial charge in [0.1, 0.15) is 11.6 Å². The lowest BCUT2D eigenvalue weighted by Gasteiger charge is -2.33. The number of piperazine rings is 1. The second-order valence-corrected chi connectivity index (χ2v) is 4.30. The number of amides is 2. The first-order valence-corrected chi connectivity index (χ1v) is 5.81. The number of nitrogens with one attached hydrogen (secondary N) is 2. The first-order valence-electron chi connectivity index (χ1n) is 5.81. The molecule has 4 nitrogen and oxygen atoms in total. The number of carbonyl (C=O) groups is 1. The van der Waals surface area contributed by atoms with Crippen LogP contribution in [0.1, 0.15) is 6.92 Å². The number of carbonyl (C=O) groups excluding carboxylic acids is 1. The molecule has 0 unspecified atom stereocenters. The maximum absolute atomic E-state index is 13.4. The van der Waals surface area contributed by atoms with Crippen LogP contribution in [0.15, 0.2) is 18.2 Å². The number of anilines is 1. The molecule has 0 aromatic heterocycles. The third-order valence-corrected chi connectivity index (χ3v) is 2.93. The molecule has 0 saturated carbocycles. The minimum Gasteiger partial charge on any atom is -0.319 e. The molecule has 2 N–H and O–H groups in total. The van der Waals surface area contributed by atoms with Crippen LogP contribution in [0.25, 0.3) is 0 Å². The Kier molecular flexibility index (Phi) is 3.76. The molecule has 0 bridgehead atoms. The molecular weight excluding hydrogens is 240 g/mol. The Balaban J connectivity index is 2.06. The van der Waals surface area contributed by atoms with Gasteiger partial charge < -0.3 is 15.5 Å². The van der Waals surface area contributed by atoms with Crippen molar-refractivity contribution in [3.63, 3.8) is 0 Å². The first kappa shape index (κ1) is 12.8. The van der Waals surface area contributed by atoms with Crippen LogP contribution in [0.5, 0.6) is 0 Å². The predicted molar refractivity (Wildman–Crippen MR) is 64.4 cm³/mol. The summed E-state index contributed by atoms with van der Waals surface area (Å²) < 4.78 is 26.1. The minimum atomic E-state index is -0.772. The van der Waals surface area contributed by atoms with Crippen molar-refractivity contribution < 1.29 is 13.6 Å². The normalized spacial score (nSPS) is 19.7. The maximum Gasteiger partial charge on any atom is 0.322 e. The fourth-order valence-electron chi connectivity index (χ4n) is 1.92. The van der Waals surface area contributed by atoms with E-state index in [4.69, 9.17) is 0 Å². The average Bonchev–Trinajstić information content (AvgIpc) is 2.33. The molecular formula is C12H15F2N3O. The minimum absolute atomic E-state index is 0.00728. The fourth-order valence-corrected chi connectivity index (χ4v) is 1.92. The fraction of sp³-hybridized carbons (Fsp3) is 0.417. The third-order valence-electron chi connectivity index (χ3n) is 2.93. The monoisotopic (exact) mass is 255 g/mol. The van der Waals surface area contributed by atoms with Crippen molar-refractivity contribution in [3.8, 4) is 0 Å². The lowest BCUT2D eigenvalue weighted by atomic mass is 10.2. The number of urea groups is 1. The van der Waals surface area contributed by atoms with Crippen LogP contribution in [0.4, 0.5) is 19.3 Å². The molecule has 0 aliphatic carbocycles. The summed E-state index contributed by atoms with van der Waals surface area (Å²) in [5, 5.41) is 5.61. The standard InChI is InChI=1S/C12H15F2N3O/c1-8-7-15-4-5-17(8)12(18)16-11-3-2-9(13)6-10(11)14/h2-3,6,8,15H,4-5,7H2,1H3,(H,16,18)/t8-/m0/s1. The summed E-state index contributed by atoms with van der Waals surface area (Å²) in [6, 6.07) is 2.75. The van der Waals surface area contributed by atoms with Gasteiger partial charge in [0.05, 0.1) is 5.69 Å². The molecule has 2 rings (SSSR count). The second-order valence-electron chi connectivity index (χ2n) is 4.30. The van der Waals surface area contributed by atoms with Crippen molar-refractivity contribution in [1.82, 2.24) is 10.2 Å². The molecule has 0 radical (unpaired) electrons. The van der Waals surface area contributed by atoms with Crippen LogP contribution in [-0.2, 0) is 0 Å². The van der Waals surface area contributed by atoms with Crippen LogP contribution in [0, 0.1) is 11.6 Å². The number of halogens is 2.